The first-order valence-electron chi connectivity index (χ1n) is 5.45. The second kappa shape index (κ2) is 1.53. The Kier molecular flexibility index (Phi) is 0.781. The lowest BCUT2D eigenvalue weighted by Crippen LogP contribution is -2.44. The van der Waals surface area contributed by atoms with Gasteiger partial charge in [0.25, 0.3) is 0 Å². The van der Waals surface area contributed by atoms with Gasteiger partial charge in [-0.15, -0.1) is 0 Å². The van der Waals surface area contributed by atoms with Crippen molar-refractivity contribution in [2.45, 2.75) is 32.1 Å². The van der Waals surface area contributed by atoms with Gasteiger partial charge in [-0.2, -0.15) is 0 Å². The molecule has 11 heavy (non-hydrogen) atoms. The maximum Gasteiger partial charge on any atom is -0.0349 e. The average molecular weight is 148 g/mol. The molecule has 4 aliphatic rings. The molecule has 4 unspecified atom stereocenters. The maximum atomic E-state index is 1.66. The Hall–Kier alpha value is 0. The van der Waals surface area contributed by atoms with E-state index in [0.717, 1.165) is 0 Å². The lowest BCUT2D eigenvalue weighted by molar-refractivity contribution is -0.0293. The minimum atomic E-state index is 1.23. The predicted molar refractivity (Wildman–Crippen MR) is 44.0 cm³/mol. The highest BCUT2D eigenvalue weighted by atomic mass is 14.7. The standard InChI is InChI=1S/C11H16/c1-2-7-6(1)10-5-11(7)9-4-3-8(9)10/h6-11H,1-5H2. The molecule has 60 valence electrons. The molecule has 0 aromatic carbocycles. The summed E-state index contributed by atoms with van der Waals surface area (Å²) < 4.78 is 0. The summed E-state index contributed by atoms with van der Waals surface area (Å²) in [5.74, 6) is 7.42. The maximum absolute atomic E-state index is 1.66. The highest BCUT2D eigenvalue weighted by Gasteiger charge is 2.62. The van der Waals surface area contributed by atoms with Crippen LogP contribution in [0.15, 0.2) is 0 Å². The van der Waals surface area contributed by atoms with Crippen LogP contribution in [0, 0.1) is 35.5 Å². The van der Waals surface area contributed by atoms with Crippen molar-refractivity contribution in [1.29, 1.82) is 0 Å². The molecular weight excluding hydrogens is 132 g/mol. The summed E-state index contributed by atoms with van der Waals surface area (Å²) in [6, 6.07) is 0. The fraction of sp³-hybridized carbons (Fsp3) is 1.00. The van der Waals surface area contributed by atoms with Gasteiger partial charge in [-0.3, -0.25) is 0 Å². The summed E-state index contributed by atoms with van der Waals surface area (Å²) in [5.41, 5.74) is 0. The molecule has 0 saturated heterocycles. The highest BCUT2D eigenvalue weighted by Crippen LogP contribution is 2.70. The molecule has 0 nitrogen and oxygen atoms in total. The SMILES string of the molecule is C1CC2C1C1CC2C2CCC21. The first-order valence-corrected chi connectivity index (χ1v) is 5.45. The van der Waals surface area contributed by atoms with E-state index in [0.29, 0.717) is 0 Å². The molecule has 4 rings (SSSR count). The molecule has 0 N–H and O–H groups in total. The van der Waals surface area contributed by atoms with Gasteiger partial charge in [-0.1, -0.05) is 0 Å². The second-order valence-electron chi connectivity index (χ2n) is 5.37. The van der Waals surface area contributed by atoms with Crippen molar-refractivity contribution in [3.63, 3.8) is 0 Å². The van der Waals surface area contributed by atoms with Crippen LogP contribution in [0.3, 0.4) is 0 Å². The molecule has 0 aromatic heterocycles. The van der Waals surface area contributed by atoms with Gasteiger partial charge in [0.1, 0.15) is 0 Å². The van der Waals surface area contributed by atoms with Gasteiger partial charge in [0.05, 0.1) is 0 Å². The van der Waals surface area contributed by atoms with Crippen molar-refractivity contribution in [1.82, 2.24) is 0 Å². The Balaban J connectivity index is 1.76. The zero-order chi connectivity index (χ0) is 7.00. The summed E-state index contributed by atoms with van der Waals surface area (Å²) >= 11 is 0. The van der Waals surface area contributed by atoms with Crippen LogP contribution in [-0.4, -0.2) is 0 Å². The third-order valence-corrected chi connectivity index (χ3v) is 5.51. The predicted octanol–water partition coefficient (Wildman–Crippen LogP) is 2.69. The number of rotatable bonds is 0. The van der Waals surface area contributed by atoms with Crippen LogP contribution in [0.1, 0.15) is 32.1 Å². The quantitative estimate of drug-likeness (QED) is 0.495. The molecule has 0 aromatic rings. The lowest BCUT2D eigenvalue weighted by Gasteiger charge is -2.52. The third kappa shape index (κ3) is 0.443. The summed E-state index contributed by atoms with van der Waals surface area (Å²) in [4.78, 5) is 0. The Morgan fingerprint density at radius 2 is 0.818 bits per heavy atom. The molecule has 0 spiro atoms. The van der Waals surface area contributed by atoms with Crippen LogP contribution in [0.2, 0.25) is 0 Å². The van der Waals surface area contributed by atoms with E-state index in [9.17, 15) is 0 Å². The van der Waals surface area contributed by atoms with Gasteiger partial charge in [-0.05, 0) is 67.6 Å². The topological polar surface area (TPSA) is 0 Å². The third-order valence-electron chi connectivity index (χ3n) is 5.51. The van der Waals surface area contributed by atoms with Crippen molar-refractivity contribution in [2.75, 3.05) is 0 Å². The van der Waals surface area contributed by atoms with Crippen molar-refractivity contribution >= 4 is 0 Å². The van der Waals surface area contributed by atoms with Gasteiger partial charge >= 0.3 is 0 Å². The van der Waals surface area contributed by atoms with Gasteiger partial charge in [0, 0.05) is 0 Å². The van der Waals surface area contributed by atoms with Crippen LogP contribution < -0.4 is 0 Å². The van der Waals surface area contributed by atoms with E-state index in [2.05, 4.69) is 0 Å². The molecular formula is C11H16. The summed E-state index contributed by atoms with van der Waals surface area (Å²) in [6.07, 6.45) is 8.08. The molecule has 2 bridgehead atoms. The molecule has 0 radical (unpaired) electrons. The Bertz CT molecular complexity index is 166. The number of hydrogen-bond donors (Lipinski definition) is 0. The van der Waals surface area contributed by atoms with Gasteiger partial charge < -0.3 is 0 Å². The van der Waals surface area contributed by atoms with Crippen LogP contribution in [0.5, 0.6) is 0 Å². The number of hydrogen-bond acceptors (Lipinski definition) is 0. The molecule has 4 atom stereocenters. The zero-order valence-corrected chi connectivity index (χ0v) is 7.00. The van der Waals surface area contributed by atoms with Crippen LogP contribution in [-0.2, 0) is 0 Å². The van der Waals surface area contributed by atoms with E-state index < -0.39 is 0 Å². The van der Waals surface area contributed by atoms with Crippen LogP contribution >= 0.6 is 0 Å². The highest BCUT2D eigenvalue weighted by molar-refractivity contribution is 5.11. The second-order valence-corrected chi connectivity index (χ2v) is 5.37. The summed E-state index contributed by atoms with van der Waals surface area (Å²) in [6.45, 7) is 0. The monoisotopic (exact) mass is 148 g/mol. The van der Waals surface area contributed by atoms with Gasteiger partial charge in [0.2, 0.25) is 0 Å². The number of fused-ring (bicyclic) bond motifs is 8. The fourth-order valence-corrected chi connectivity index (χ4v) is 4.88. The first kappa shape index (κ1) is 5.61. The molecule has 4 saturated carbocycles. The lowest BCUT2D eigenvalue weighted by atomic mass is 9.53. The smallest absolute Gasteiger partial charge is 0.0349 e. The van der Waals surface area contributed by atoms with Crippen LogP contribution in [0.25, 0.3) is 0 Å². The Morgan fingerprint density at radius 3 is 1.09 bits per heavy atom. The molecule has 0 heteroatoms. The molecule has 4 aliphatic carbocycles. The largest absolute Gasteiger partial charge is 0.0496 e. The Labute approximate surface area is 68.4 Å². The molecule has 0 amide bonds. The molecule has 0 heterocycles. The van der Waals surface area contributed by atoms with Crippen molar-refractivity contribution in [3.8, 4) is 0 Å². The fourth-order valence-electron chi connectivity index (χ4n) is 4.88. The van der Waals surface area contributed by atoms with Gasteiger partial charge in [-0.25, -0.2) is 0 Å². The van der Waals surface area contributed by atoms with E-state index >= 15 is 0 Å². The molecule has 4 fully saturated rings. The van der Waals surface area contributed by atoms with Crippen molar-refractivity contribution in [3.05, 3.63) is 0 Å². The first-order chi connectivity index (χ1) is 5.45. The van der Waals surface area contributed by atoms with E-state index in [1.807, 2.05) is 0 Å². The van der Waals surface area contributed by atoms with E-state index in [-0.39, 0.29) is 0 Å². The van der Waals surface area contributed by atoms with E-state index in [1.165, 1.54) is 35.5 Å². The normalized spacial score (nSPS) is 69.8. The Morgan fingerprint density at radius 1 is 0.455 bits per heavy atom. The summed E-state index contributed by atoms with van der Waals surface area (Å²) in [7, 11) is 0. The minimum Gasteiger partial charge on any atom is -0.0496 e. The zero-order valence-electron chi connectivity index (χ0n) is 7.00. The average Bonchev–Trinajstić information content (AvgIpc) is 2.08. The minimum absolute atomic E-state index is 1.23. The van der Waals surface area contributed by atoms with E-state index in [1.54, 1.807) is 32.1 Å². The molecule has 0 aliphatic heterocycles. The van der Waals surface area contributed by atoms with E-state index in [4.69, 9.17) is 0 Å². The summed E-state index contributed by atoms with van der Waals surface area (Å²) in [5, 5.41) is 0. The van der Waals surface area contributed by atoms with Crippen LogP contribution in [0.4, 0.5) is 0 Å². The van der Waals surface area contributed by atoms with Crippen molar-refractivity contribution in [2.24, 2.45) is 35.5 Å². The van der Waals surface area contributed by atoms with Gasteiger partial charge in [0.15, 0.2) is 0 Å². The van der Waals surface area contributed by atoms with Crippen molar-refractivity contribution < 1.29 is 0 Å².